The summed E-state index contributed by atoms with van der Waals surface area (Å²) in [7, 11) is 1.48. The molecule has 160 valence electrons. The van der Waals surface area contributed by atoms with Gasteiger partial charge in [-0.05, 0) is 65.9 Å². The number of benzene rings is 3. The van der Waals surface area contributed by atoms with E-state index >= 15 is 0 Å². The van der Waals surface area contributed by atoms with Gasteiger partial charge in [-0.25, -0.2) is 5.43 Å². The molecule has 1 aromatic heterocycles. The fraction of sp³-hybridized carbons (Fsp3) is 0.160. The SMILES string of the molecule is COc1cc(C(C)=NNC(=O)c2cc(-c3ccc4c5c(cccc35)CC4)n[nH]2)ccc1O. The largest absolute Gasteiger partial charge is 0.504 e. The maximum Gasteiger partial charge on any atom is 0.289 e. The number of aromatic nitrogens is 2. The molecule has 3 aromatic carbocycles. The first-order valence-electron chi connectivity index (χ1n) is 10.4. The molecule has 0 bridgehead atoms. The number of carbonyl (C=O) groups is 1. The number of nitrogens with one attached hydrogen (secondary N) is 2. The van der Waals surface area contributed by atoms with Crippen LogP contribution in [0.15, 0.2) is 59.7 Å². The number of phenols is 1. The number of hydrazone groups is 1. The van der Waals surface area contributed by atoms with Crippen molar-refractivity contribution < 1.29 is 14.6 Å². The van der Waals surface area contributed by atoms with Gasteiger partial charge in [0.05, 0.1) is 18.5 Å². The highest BCUT2D eigenvalue weighted by Crippen LogP contribution is 2.36. The quantitative estimate of drug-likeness (QED) is 0.329. The van der Waals surface area contributed by atoms with Crippen molar-refractivity contribution in [2.45, 2.75) is 19.8 Å². The highest BCUT2D eigenvalue weighted by atomic mass is 16.5. The number of aromatic amines is 1. The van der Waals surface area contributed by atoms with Crippen LogP contribution in [0.5, 0.6) is 11.5 Å². The van der Waals surface area contributed by atoms with Crippen molar-refractivity contribution in [3.05, 3.63) is 77.0 Å². The molecule has 0 aliphatic heterocycles. The number of hydrogen-bond donors (Lipinski definition) is 3. The van der Waals surface area contributed by atoms with E-state index in [9.17, 15) is 9.90 Å². The van der Waals surface area contributed by atoms with E-state index in [-0.39, 0.29) is 11.7 Å². The van der Waals surface area contributed by atoms with Crippen LogP contribution < -0.4 is 10.2 Å². The van der Waals surface area contributed by atoms with Crippen LogP contribution >= 0.6 is 0 Å². The number of aromatic hydroxyl groups is 1. The maximum absolute atomic E-state index is 12.6. The van der Waals surface area contributed by atoms with Gasteiger partial charge in [0.1, 0.15) is 5.69 Å². The van der Waals surface area contributed by atoms with Crippen LogP contribution in [0.4, 0.5) is 0 Å². The standard InChI is InChI=1S/C25H22N4O3/c1-14(17-9-11-22(30)23(12-17)32-2)26-29-25(31)21-13-20(27-28-21)18-10-8-16-7-6-15-4-3-5-19(18)24(15)16/h3-5,8-13,30H,6-7H2,1-2H3,(H,27,28)(H,29,31). The van der Waals surface area contributed by atoms with Gasteiger partial charge in [0.15, 0.2) is 11.5 Å². The molecule has 0 atom stereocenters. The molecule has 0 radical (unpaired) electrons. The highest BCUT2D eigenvalue weighted by molar-refractivity contribution is 6.03. The smallest absolute Gasteiger partial charge is 0.289 e. The Morgan fingerprint density at radius 2 is 1.94 bits per heavy atom. The zero-order chi connectivity index (χ0) is 22.2. The van der Waals surface area contributed by atoms with Crippen LogP contribution in [-0.4, -0.2) is 34.0 Å². The van der Waals surface area contributed by atoms with E-state index in [1.165, 1.54) is 29.7 Å². The summed E-state index contributed by atoms with van der Waals surface area (Å²) in [6.45, 7) is 1.76. The average Bonchev–Trinajstić information content (AvgIpc) is 3.47. The van der Waals surface area contributed by atoms with Crippen LogP contribution in [0, 0.1) is 0 Å². The minimum Gasteiger partial charge on any atom is -0.504 e. The summed E-state index contributed by atoms with van der Waals surface area (Å²) in [5.41, 5.74) is 8.61. The van der Waals surface area contributed by atoms with Crippen molar-refractivity contribution in [3.63, 3.8) is 0 Å². The lowest BCUT2D eigenvalue weighted by Crippen LogP contribution is -2.19. The Hall–Kier alpha value is -4.13. The second-order valence-electron chi connectivity index (χ2n) is 7.80. The van der Waals surface area contributed by atoms with Gasteiger partial charge in [0, 0.05) is 11.1 Å². The summed E-state index contributed by atoms with van der Waals surface area (Å²) in [5, 5.41) is 23.6. The molecule has 1 aliphatic rings. The predicted molar refractivity (Wildman–Crippen MR) is 123 cm³/mol. The molecular formula is C25H22N4O3. The van der Waals surface area contributed by atoms with E-state index in [0.29, 0.717) is 17.2 Å². The molecule has 0 saturated carbocycles. The summed E-state index contributed by atoms with van der Waals surface area (Å²) in [6, 6.07) is 17.2. The van der Waals surface area contributed by atoms with Gasteiger partial charge in [-0.1, -0.05) is 30.3 Å². The maximum atomic E-state index is 12.6. The summed E-state index contributed by atoms with van der Waals surface area (Å²) in [4.78, 5) is 12.6. The van der Waals surface area contributed by atoms with E-state index in [1.54, 1.807) is 25.1 Å². The number of amides is 1. The summed E-state index contributed by atoms with van der Waals surface area (Å²) in [6.07, 6.45) is 2.13. The second-order valence-corrected chi connectivity index (χ2v) is 7.80. The molecule has 1 amide bonds. The number of rotatable bonds is 5. The molecule has 0 spiro atoms. The topological polar surface area (TPSA) is 99.6 Å². The normalized spacial score (nSPS) is 12.9. The van der Waals surface area contributed by atoms with Crippen molar-refractivity contribution in [1.29, 1.82) is 0 Å². The monoisotopic (exact) mass is 426 g/mol. The van der Waals surface area contributed by atoms with Gasteiger partial charge in [-0.3, -0.25) is 9.89 Å². The Morgan fingerprint density at radius 1 is 1.12 bits per heavy atom. The number of hydrogen-bond acceptors (Lipinski definition) is 5. The zero-order valence-corrected chi connectivity index (χ0v) is 17.8. The van der Waals surface area contributed by atoms with Gasteiger partial charge in [0.2, 0.25) is 0 Å². The van der Waals surface area contributed by atoms with Gasteiger partial charge in [-0.15, -0.1) is 0 Å². The predicted octanol–water partition coefficient (Wildman–Crippen LogP) is 4.20. The molecule has 7 heteroatoms. The molecule has 0 unspecified atom stereocenters. The molecule has 4 aromatic rings. The molecule has 1 heterocycles. The van der Waals surface area contributed by atoms with Crippen molar-refractivity contribution in [3.8, 4) is 22.8 Å². The summed E-state index contributed by atoms with van der Waals surface area (Å²) in [5.74, 6) is -0.00663. The number of carbonyl (C=O) groups excluding carboxylic acids is 1. The van der Waals surface area contributed by atoms with E-state index in [2.05, 4.69) is 51.1 Å². The summed E-state index contributed by atoms with van der Waals surface area (Å²) >= 11 is 0. The first kappa shape index (κ1) is 19.8. The second kappa shape index (κ2) is 7.85. The molecule has 5 rings (SSSR count). The zero-order valence-electron chi connectivity index (χ0n) is 17.8. The molecule has 0 saturated heterocycles. The lowest BCUT2D eigenvalue weighted by atomic mass is 9.98. The summed E-state index contributed by atoms with van der Waals surface area (Å²) < 4.78 is 5.12. The molecule has 1 aliphatic carbocycles. The first-order chi connectivity index (χ1) is 15.5. The van der Waals surface area contributed by atoms with E-state index < -0.39 is 0 Å². The third-order valence-electron chi connectivity index (χ3n) is 5.90. The molecule has 32 heavy (non-hydrogen) atoms. The van der Waals surface area contributed by atoms with Gasteiger partial charge < -0.3 is 9.84 Å². The van der Waals surface area contributed by atoms with Crippen LogP contribution in [0.1, 0.15) is 34.1 Å². The van der Waals surface area contributed by atoms with Crippen molar-refractivity contribution >= 4 is 22.4 Å². The number of H-pyrrole nitrogens is 1. The van der Waals surface area contributed by atoms with E-state index in [1.807, 2.05) is 0 Å². The van der Waals surface area contributed by atoms with Crippen LogP contribution in [0.25, 0.3) is 22.0 Å². The van der Waals surface area contributed by atoms with Gasteiger partial charge >= 0.3 is 0 Å². The Bertz CT molecular complexity index is 1380. The van der Waals surface area contributed by atoms with Crippen molar-refractivity contribution in [1.82, 2.24) is 15.6 Å². The minimum absolute atomic E-state index is 0.0427. The van der Waals surface area contributed by atoms with Gasteiger partial charge in [0.25, 0.3) is 5.91 Å². The van der Waals surface area contributed by atoms with Gasteiger partial charge in [-0.2, -0.15) is 10.2 Å². The van der Waals surface area contributed by atoms with Crippen LogP contribution in [0.2, 0.25) is 0 Å². The van der Waals surface area contributed by atoms with E-state index in [4.69, 9.17) is 4.74 Å². The third-order valence-corrected chi connectivity index (χ3v) is 5.90. The average molecular weight is 426 g/mol. The van der Waals surface area contributed by atoms with Crippen molar-refractivity contribution in [2.24, 2.45) is 5.10 Å². The Morgan fingerprint density at radius 3 is 2.75 bits per heavy atom. The van der Waals surface area contributed by atoms with E-state index in [0.717, 1.165) is 35.0 Å². The third kappa shape index (κ3) is 3.37. The Kier molecular flexibility index (Phi) is 4.86. The van der Waals surface area contributed by atoms with Crippen LogP contribution in [-0.2, 0) is 12.8 Å². The molecule has 0 fully saturated rings. The first-order valence-corrected chi connectivity index (χ1v) is 10.4. The number of nitrogens with zero attached hydrogens (tertiary/aromatic N) is 2. The molecular weight excluding hydrogens is 404 g/mol. The number of ether oxygens (including phenoxy) is 1. The van der Waals surface area contributed by atoms with Crippen LogP contribution in [0.3, 0.4) is 0 Å². The lowest BCUT2D eigenvalue weighted by Gasteiger charge is -2.07. The Labute approximate surface area is 184 Å². The fourth-order valence-corrected chi connectivity index (χ4v) is 4.21. The highest BCUT2D eigenvalue weighted by Gasteiger charge is 2.18. The minimum atomic E-state index is -0.389. The number of phenolic OH excluding ortho intramolecular Hbond substituents is 1. The number of methoxy groups -OCH3 is 1. The molecule has 3 N–H and O–H groups in total. The number of aryl methyl sites for hydroxylation is 2. The molecule has 7 nitrogen and oxygen atoms in total. The Balaban J connectivity index is 1.38. The van der Waals surface area contributed by atoms with Crippen molar-refractivity contribution in [2.75, 3.05) is 7.11 Å². The fourth-order valence-electron chi connectivity index (χ4n) is 4.21. The lowest BCUT2D eigenvalue weighted by molar-refractivity contribution is 0.0950.